The number of benzene rings is 1. The molecule has 0 bridgehead atoms. The van der Waals surface area contributed by atoms with Crippen molar-refractivity contribution in [3.63, 3.8) is 0 Å². The molecule has 0 aromatic heterocycles. The Morgan fingerprint density at radius 3 is 2.41 bits per heavy atom. The SMILES string of the molecule is O=C(Nc1ccccc1F)N1CCN(C2CCCCC2)CC1. The van der Waals surface area contributed by atoms with E-state index in [0.717, 1.165) is 26.2 Å². The van der Waals surface area contributed by atoms with Crippen molar-refractivity contribution in [1.82, 2.24) is 9.80 Å². The summed E-state index contributed by atoms with van der Waals surface area (Å²) in [6.45, 7) is 3.29. The van der Waals surface area contributed by atoms with E-state index in [2.05, 4.69) is 10.2 Å². The van der Waals surface area contributed by atoms with Crippen LogP contribution >= 0.6 is 0 Å². The maximum Gasteiger partial charge on any atom is 0.322 e. The molecule has 2 aliphatic rings. The van der Waals surface area contributed by atoms with Gasteiger partial charge in [-0.25, -0.2) is 9.18 Å². The first kappa shape index (κ1) is 15.3. The monoisotopic (exact) mass is 305 g/mol. The zero-order chi connectivity index (χ0) is 15.4. The summed E-state index contributed by atoms with van der Waals surface area (Å²) in [6.07, 6.45) is 6.61. The molecule has 1 saturated heterocycles. The van der Waals surface area contributed by atoms with Gasteiger partial charge in [0.2, 0.25) is 0 Å². The van der Waals surface area contributed by atoms with Gasteiger partial charge in [-0.15, -0.1) is 0 Å². The van der Waals surface area contributed by atoms with Gasteiger partial charge in [0.15, 0.2) is 0 Å². The molecule has 0 atom stereocenters. The first-order valence-electron chi connectivity index (χ1n) is 8.28. The number of carbonyl (C=O) groups excluding carboxylic acids is 1. The van der Waals surface area contributed by atoms with Gasteiger partial charge in [-0.1, -0.05) is 31.4 Å². The minimum atomic E-state index is -0.392. The van der Waals surface area contributed by atoms with Crippen molar-refractivity contribution >= 4 is 11.7 Å². The Bertz CT molecular complexity index is 508. The van der Waals surface area contributed by atoms with Gasteiger partial charge in [0, 0.05) is 32.2 Å². The maximum absolute atomic E-state index is 13.6. The van der Waals surface area contributed by atoms with E-state index in [1.54, 1.807) is 23.1 Å². The van der Waals surface area contributed by atoms with Crippen LogP contribution in [-0.2, 0) is 0 Å². The predicted molar refractivity (Wildman–Crippen MR) is 85.4 cm³/mol. The summed E-state index contributed by atoms with van der Waals surface area (Å²) in [7, 11) is 0. The van der Waals surface area contributed by atoms with Crippen molar-refractivity contribution in [2.45, 2.75) is 38.1 Å². The molecule has 1 heterocycles. The summed E-state index contributed by atoms with van der Waals surface area (Å²) in [6, 6.07) is 6.79. The smallest absolute Gasteiger partial charge is 0.322 e. The number of urea groups is 1. The molecule has 1 aromatic carbocycles. The molecular weight excluding hydrogens is 281 g/mol. The largest absolute Gasteiger partial charge is 0.322 e. The van der Waals surface area contributed by atoms with E-state index < -0.39 is 5.82 Å². The van der Waals surface area contributed by atoms with Gasteiger partial charge in [-0.2, -0.15) is 0 Å². The lowest BCUT2D eigenvalue weighted by Crippen LogP contribution is -2.53. The lowest BCUT2D eigenvalue weighted by molar-refractivity contribution is 0.0943. The molecule has 120 valence electrons. The second-order valence-corrected chi connectivity index (χ2v) is 6.22. The summed E-state index contributed by atoms with van der Waals surface area (Å²) in [5, 5.41) is 2.67. The van der Waals surface area contributed by atoms with Crippen molar-refractivity contribution < 1.29 is 9.18 Å². The Labute approximate surface area is 131 Å². The third-order valence-electron chi connectivity index (χ3n) is 4.81. The van der Waals surface area contributed by atoms with E-state index in [4.69, 9.17) is 0 Å². The average molecular weight is 305 g/mol. The summed E-state index contributed by atoms with van der Waals surface area (Å²) < 4.78 is 13.6. The highest BCUT2D eigenvalue weighted by Gasteiger charge is 2.27. The number of halogens is 1. The van der Waals surface area contributed by atoms with E-state index in [-0.39, 0.29) is 11.7 Å². The van der Waals surface area contributed by atoms with E-state index in [1.165, 1.54) is 38.2 Å². The lowest BCUT2D eigenvalue weighted by Gasteiger charge is -2.40. The van der Waals surface area contributed by atoms with Crippen molar-refractivity contribution in [2.24, 2.45) is 0 Å². The van der Waals surface area contributed by atoms with Crippen LogP contribution in [-0.4, -0.2) is 48.1 Å². The highest BCUT2D eigenvalue weighted by atomic mass is 19.1. The minimum Gasteiger partial charge on any atom is -0.322 e. The number of nitrogens with zero attached hydrogens (tertiary/aromatic N) is 2. The highest BCUT2D eigenvalue weighted by molar-refractivity contribution is 5.89. The average Bonchev–Trinajstić information content (AvgIpc) is 2.58. The Morgan fingerprint density at radius 1 is 1.05 bits per heavy atom. The molecule has 1 N–H and O–H groups in total. The second kappa shape index (κ2) is 7.09. The molecule has 1 aliphatic carbocycles. The summed E-state index contributed by atoms with van der Waals surface area (Å²) >= 11 is 0. The quantitative estimate of drug-likeness (QED) is 0.910. The molecule has 2 fully saturated rings. The van der Waals surface area contributed by atoms with E-state index in [9.17, 15) is 9.18 Å². The number of nitrogens with one attached hydrogen (secondary N) is 1. The van der Waals surface area contributed by atoms with Crippen molar-refractivity contribution in [3.05, 3.63) is 30.1 Å². The Balaban J connectivity index is 1.50. The zero-order valence-corrected chi connectivity index (χ0v) is 12.9. The Kier molecular flexibility index (Phi) is 4.93. The van der Waals surface area contributed by atoms with Crippen molar-refractivity contribution in [3.8, 4) is 0 Å². The van der Waals surface area contributed by atoms with Crippen LogP contribution < -0.4 is 5.32 Å². The summed E-state index contributed by atoms with van der Waals surface area (Å²) in [5.41, 5.74) is 0.252. The zero-order valence-electron chi connectivity index (χ0n) is 12.9. The number of anilines is 1. The van der Waals surface area contributed by atoms with Crippen LogP contribution in [0.4, 0.5) is 14.9 Å². The van der Waals surface area contributed by atoms with Gasteiger partial charge >= 0.3 is 6.03 Å². The Morgan fingerprint density at radius 2 is 1.73 bits per heavy atom. The third kappa shape index (κ3) is 3.58. The van der Waals surface area contributed by atoms with Crippen LogP contribution in [0.1, 0.15) is 32.1 Å². The van der Waals surface area contributed by atoms with Crippen molar-refractivity contribution in [1.29, 1.82) is 0 Å². The number of hydrogen-bond acceptors (Lipinski definition) is 2. The molecular formula is C17H24FN3O. The minimum absolute atomic E-state index is 0.201. The van der Waals surface area contributed by atoms with Crippen molar-refractivity contribution in [2.75, 3.05) is 31.5 Å². The highest BCUT2D eigenvalue weighted by Crippen LogP contribution is 2.23. The van der Waals surface area contributed by atoms with Crippen LogP contribution in [0.3, 0.4) is 0 Å². The molecule has 1 saturated carbocycles. The maximum atomic E-state index is 13.6. The van der Waals surface area contributed by atoms with Gasteiger partial charge in [-0.05, 0) is 25.0 Å². The van der Waals surface area contributed by atoms with E-state index >= 15 is 0 Å². The van der Waals surface area contributed by atoms with E-state index in [0.29, 0.717) is 6.04 Å². The second-order valence-electron chi connectivity index (χ2n) is 6.22. The normalized spacial score (nSPS) is 20.9. The standard InChI is InChI=1S/C17H24FN3O/c18-15-8-4-5-9-16(15)19-17(22)21-12-10-20(11-13-21)14-6-2-1-3-7-14/h4-5,8-9,14H,1-3,6-7,10-13H2,(H,19,22). The molecule has 3 rings (SSSR count). The van der Waals surface area contributed by atoms with E-state index in [1.807, 2.05) is 0 Å². The van der Waals surface area contributed by atoms with Gasteiger partial charge in [0.25, 0.3) is 0 Å². The first-order chi connectivity index (χ1) is 10.7. The number of amides is 2. The lowest BCUT2D eigenvalue weighted by atomic mass is 9.94. The molecule has 22 heavy (non-hydrogen) atoms. The van der Waals surface area contributed by atoms with Gasteiger partial charge in [0.05, 0.1) is 5.69 Å². The molecule has 5 heteroatoms. The molecule has 1 aromatic rings. The molecule has 0 unspecified atom stereocenters. The van der Waals surface area contributed by atoms with Crippen LogP contribution in [0.15, 0.2) is 24.3 Å². The molecule has 4 nitrogen and oxygen atoms in total. The fraction of sp³-hybridized carbons (Fsp3) is 0.588. The third-order valence-corrected chi connectivity index (χ3v) is 4.81. The molecule has 1 aliphatic heterocycles. The van der Waals surface area contributed by atoms with Gasteiger partial charge in [-0.3, -0.25) is 4.90 Å². The number of para-hydroxylation sites is 1. The molecule has 2 amide bonds. The molecule has 0 spiro atoms. The van der Waals surface area contributed by atoms with Gasteiger partial charge in [0.1, 0.15) is 5.82 Å². The van der Waals surface area contributed by atoms with Gasteiger partial charge < -0.3 is 10.2 Å². The number of rotatable bonds is 2. The fourth-order valence-electron chi connectivity index (χ4n) is 3.49. The summed E-state index contributed by atoms with van der Waals surface area (Å²) in [5.74, 6) is -0.392. The molecule has 0 radical (unpaired) electrons. The van der Waals surface area contributed by atoms with Crippen LogP contribution in [0.25, 0.3) is 0 Å². The van der Waals surface area contributed by atoms with Crippen LogP contribution in [0.2, 0.25) is 0 Å². The topological polar surface area (TPSA) is 35.6 Å². The predicted octanol–water partition coefficient (Wildman–Crippen LogP) is 3.31. The number of carbonyl (C=O) groups is 1. The fourth-order valence-corrected chi connectivity index (χ4v) is 3.49. The van der Waals surface area contributed by atoms with Crippen LogP contribution in [0.5, 0.6) is 0 Å². The number of piperazine rings is 1. The van der Waals surface area contributed by atoms with Crippen LogP contribution in [0, 0.1) is 5.82 Å². The summed E-state index contributed by atoms with van der Waals surface area (Å²) in [4.78, 5) is 16.5. The number of hydrogen-bond donors (Lipinski definition) is 1. The Hall–Kier alpha value is -1.62. The first-order valence-corrected chi connectivity index (χ1v) is 8.28.